The lowest BCUT2D eigenvalue weighted by Crippen LogP contribution is -3.15. The van der Waals surface area contributed by atoms with Crippen LogP contribution in [0.3, 0.4) is 0 Å². The second kappa shape index (κ2) is 8.80. The highest BCUT2D eigenvalue weighted by Gasteiger charge is 2.24. The third kappa shape index (κ3) is 4.52. The average Bonchev–Trinajstić information content (AvgIpc) is 2.74. The number of piperazine rings is 1. The number of amides is 1. The summed E-state index contributed by atoms with van der Waals surface area (Å²) in [4.78, 5) is 19.5. The molecule has 0 radical (unpaired) electrons. The lowest BCUT2D eigenvalue weighted by molar-refractivity contribution is -0.892. The first-order valence-electron chi connectivity index (χ1n) is 10.2. The monoisotopic (exact) mass is 410 g/mol. The number of rotatable bonds is 5. The van der Waals surface area contributed by atoms with Crippen molar-refractivity contribution in [2.24, 2.45) is 0 Å². The summed E-state index contributed by atoms with van der Waals surface area (Å²) in [7, 11) is 0. The molecule has 0 saturated carbocycles. The number of hydrogen-bond donors (Lipinski definition) is 2. The summed E-state index contributed by atoms with van der Waals surface area (Å²) in [5.41, 5.74) is 4.37. The van der Waals surface area contributed by atoms with E-state index in [4.69, 9.17) is 11.6 Å². The number of hydrogen-bond acceptors (Lipinski definition) is 2. The molecule has 3 aromatic rings. The molecule has 29 heavy (non-hydrogen) atoms. The molecular formula is C23H27ClN4O+2. The molecule has 2 heterocycles. The second-order valence-electron chi connectivity index (χ2n) is 7.53. The summed E-state index contributed by atoms with van der Waals surface area (Å²) in [5.74, 6) is 0.0868. The highest BCUT2D eigenvalue weighted by atomic mass is 35.5. The molecule has 1 fully saturated rings. The SMILES string of the molecule is CCc1ccccc1NC(=O)C[NH+]1CCN(c2cc[nH+]c3cc(Cl)ccc23)CC1. The van der Waals surface area contributed by atoms with E-state index < -0.39 is 0 Å². The van der Waals surface area contributed by atoms with Crippen LogP contribution in [0.15, 0.2) is 54.7 Å². The van der Waals surface area contributed by atoms with Crippen molar-refractivity contribution in [1.82, 2.24) is 0 Å². The molecule has 0 atom stereocenters. The van der Waals surface area contributed by atoms with Gasteiger partial charge >= 0.3 is 0 Å². The van der Waals surface area contributed by atoms with Crippen LogP contribution in [0.25, 0.3) is 10.9 Å². The fourth-order valence-corrected chi connectivity index (χ4v) is 4.22. The summed E-state index contributed by atoms with van der Waals surface area (Å²) in [5, 5.41) is 5.00. The van der Waals surface area contributed by atoms with Crippen LogP contribution in [0.1, 0.15) is 12.5 Å². The molecule has 4 rings (SSSR count). The van der Waals surface area contributed by atoms with Gasteiger partial charge in [-0.25, -0.2) is 4.98 Å². The molecule has 1 aromatic heterocycles. The van der Waals surface area contributed by atoms with Gasteiger partial charge in [-0.15, -0.1) is 0 Å². The van der Waals surface area contributed by atoms with Crippen molar-refractivity contribution in [1.29, 1.82) is 0 Å². The predicted octanol–water partition coefficient (Wildman–Crippen LogP) is 2.21. The van der Waals surface area contributed by atoms with Gasteiger partial charge in [-0.1, -0.05) is 36.7 Å². The van der Waals surface area contributed by atoms with Gasteiger partial charge in [0.25, 0.3) is 5.91 Å². The van der Waals surface area contributed by atoms with Gasteiger partial charge in [0.1, 0.15) is 0 Å². The molecule has 1 aliphatic rings. The summed E-state index contributed by atoms with van der Waals surface area (Å²) < 4.78 is 0. The number of H-pyrrole nitrogens is 1. The van der Waals surface area contributed by atoms with E-state index in [1.807, 2.05) is 36.5 Å². The van der Waals surface area contributed by atoms with Crippen LogP contribution in [0.5, 0.6) is 0 Å². The van der Waals surface area contributed by atoms with Crippen LogP contribution in [0.4, 0.5) is 11.4 Å². The molecule has 1 saturated heterocycles. The molecule has 1 aliphatic heterocycles. The number of benzene rings is 2. The number of aromatic amines is 1. The van der Waals surface area contributed by atoms with E-state index in [1.165, 1.54) is 21.5 Å². The number of para-hydroxylation sites is 1. The van der Waals surface area contributed by atoms with Gasteiger partial charge in [0.2, 0.25) is 5.52 Å². The lowest BCUT2D eigenvalue weighted by atomic mass is 10.1. The van der Waals surface area contributed by atoms with Gasteiger partial charge in [-0.2, -0.15) is 0 Å². The Morgan fingerprint density at radius 2 is 1.97 bits per heavy atom. The molecule has 0 bridgehead atoms. The van der Waals surface area contributed by atoms with Crippen molar-refractivity contribution in [2.75, 3.05) is 42.9 Å². The zero-order valence-corrected chi connectivity index (χ0v) is 17.4. The van der Waals surface area contributed by atoms with Crippen LogP contribution in [-0.4, -0.2) is 38.6 Å². The minimum absolute atomic E-state index is 0.0868. The number of pyridine rings is 1. The first-order valence-corrected chi connectivity index (χ1v) is 10.6. The lowest BCUT2D eigenvalue weighted by Gasteiger charge is -2.33. The van der Waals surface area contributed by atoms with Crippen LogP contribution in [0, 0.1) is 0 Å². The van der Waals surface area contributed by atoms with E-state index in [1.54, 1.807) is 0 Å². The van der Waals surface area contributed by atoms with Crippen LogP contribution in [-0.2, 0) is 11.2 Å². The van der Waals surface area contributed by atoms with Crippen molar-refractivity contribution in [3.8, 4) is 0 Å². The molecule has 5 nitrogen and oxygen atoms in total. The molecule has 3 N–H and O–H groups in total. The van der Waals surface area contributed by atoms with Crippen molar-refractivity contribution < 1.29 is 14.7 Å². The standard InChI is InChI=1S/C23H25ClN4O/c1-2-17-5-3-4-6-20(17)26-23(29)16-27-11-13-28(14-12-27)22-9-10-25-21-15-18(24)7-8-19(21)22/h3-10,15H,2,11-14,16H2,1H3,(H,26,29)/p+2. The molecule has 2 aromatic carbocycles. The maximum atomic E-state index is 12.5. The predicted molar refractivity (Wildman–Crippen MR) is 118 cm³/mol. The molecular weight excluding hydrogens is 384 g/mol. The molecule has 1 amide bonds. The van der Waals surface area contributed by atoms with Gasteiger partial charge < -0.3 is 15.1 Å². The van der Waals surface area contributed by atoms with Crippen LogP contribution >= 0.6 is 11.6 Å². The third-order valence-corrected chi connectivity index (χ3v) is 5.87. The molecule has 0 unspecified atom stereocenters. The normalized spacial score (nSPS) is 14.9. The van der Waals surface area contributed by atoms with Gasteiger partial charge in [0.15, 0.2) is 12.7 Å². The molecule has 0 spiro atoms. The number of nitrogens with zero attached hydrogens (tertiary/aromatic N) is 1. The molecule has 0 aliphatic carbocycles. The maximum Gasteiger partial charge on any atom is 0.279 e. The van der Waals surface area contributed by atoms with Crippen molar-refractivity contribution in [3.63, 3.8) is 0 Å². The van der Waals surface area contributed by atoms with E-state index in [-0.39, 0.29) is 5.91 Å². The minimum Gasteiger partial charge on any atom is -0.359 e. The van der Waals surface area contributed by atoms with Crippen LogP contribution in [0.2, 0.25) is 5.02 Å². The zero-order valence-electron chi connectivity index (χ0n) is 16.7. The molecule has 6 heteroatoms. The average molecular weight is 411 g/mol. The summed E-state index contributed by atoms with van der Waals surface area (Å²) in [6.07, 6.45) is 2.88. The maximum absolute atomic E-state index is 12.5. The summed E-state index contributed by atoms with van der Waals surface area (Å²) in [6, 6.07) is 16.1. The Labute approximate surface area is 176 Å². The molecule has 150 valence electrons. The fraction of sp³-hybridized carbons (Fsp3) is 0.304. The van der Waals surface area contributed by atoms with E-state index in [0.29, 0.717) is 6.54 Å². The quantitative estimate of drug-likeness (QED) is 0.677. The first kappa shape index (κ1) is 19.7. The van der Waals surface area contributed by atoms with Crippen molar-refractivity contribution >= 4 is 39.8 Å². The smallest absolute Gasteiger partial charge is 0.279 e. The fourth-order valence-electron chi connectivity index (χ4n) is 4.05. The number of carbonyl (C=O) groups excluding carboxylic acids is 1. The number of anilines is 2. The van der Waals surface area contributed by atoms with E-state index in [0.717, 1.165) is 48.8 Å². The number of quaternary nitrogens is 1. The Hall–Kier alpha value is -2.63. The van der Waals surface area contributed by atoms with Gasteiger partial charge in [-0.05, 0) is 30.2 Å². The number of nitrogens with one attached hydrogen (secondary N) is 3. The number of carbonyl (C=O) groups is 1. The zero-order chi connectivity index (χ0) is 20.2. The number of aromatic nitrogens is 1. The Kier molecular flexibility index (Phi) is 5.97. The van der Waals surface area contributed by atoms with Crippen LogP contribution < -0.4 is 20.1 Å². The van der Waals surface area contributed by atoms with E-state index in [2.05, 4.69) is 40.3 Å². The second-order valence-corrected chi connectivity index (χ2v) is 7.96. The Bertz CT molecular complexity index is 1010. The van der Waals surface area contributed by atoms with E-state index >= 15 is 0 Å². The number of aryl methyl sites for hydroxylation is 1. The highest BCUT2D eigenvalue weighted by molar-refractivity contribution is 6.31. The number of halogens is 1. The Balaban J connectivity index is 1.37. The van der Waals surface area contributed by atoms with E-state index in [9.17, 15) is 4.79 Å². The Morgan fingerprint density at radius 1 is 1.17 bits per heavy atom. The third-order valence-electron chi connectivity index (χ3n) is 5.63. The number of fused-ring (bicyclic) bond motifs is 1. The largest absolute Gasteiger partial charge is 0.359 e. The van der Waals surface area contributed by atoms with Gasteiger partial charge in [0, 0.05) is 22.8 Å². The van der Waals surface area contributed by atoms with Gasteiger partial charge in [0.05, 0.1) is 37.3 Å². The van der Waals surface area contributed by atoms with Crippen molar-refractivity contribution in [3.05, 3.63) is 65.3 Å². The van der Waals surface area contributed by atoms with Crippen molar-refractivity contribution in [2.45, 2.75) is 13.3 Å². The topological polar surface area (TPSA) is 50.9 Å². The Morgan fingerprint density at radius 3 is 2.76 bits per heavy atom. The first-order chi connectivity index (χ1) is 14.1. The summed E-state index contributed by atoms with van der Waals surface area (Å²) >= 11 is 6.13. The highest BCUT2D eigenvalue weighted by Crippen LogP contribution is 2.26. The minimum atomic E-state index is 0.0868. The summed E-state index contributed by atoms with van der Waals surface area (Å²) in [6.45, 7) is 6.35. The van der Waals surface area contributed by atoms with Gasteiger partial charge in [-0.3, -0.25) is 4.79 Å².